The van der Waals surface area contributed by atoms with E-state index in [-0.39, 0.29) is 11.9 Å². The third-order valence-corrected chi connectivity index (χ3v) is 4.00. The van der Waals surface area contributed by atoms with Crippen molar-refractivity contribution in [3.63, 3.8) is 0 Å². The van der Waals surface area contributed by atoms with Crippen LogP contribution in [0.5, 0.6) is 0 Å². The number of amides is 1. The number of pyridine rings is 1. The van der Waals surface area contributed by atoms with E-state index < -0.39 is 0 Å². The highest BCUT2D eigenvalue weighted by Crippen LogP contribution is 2.16. The van der Waals surface area contributed by atoms with Gasteiger partial charge in [0.05, 0.1) is 11.6 Å². The van der Waals surface area contributed by atoms with E-state index in [1.807, 2.05) is 48.0 Å². The number of benzene rings is 1. The molecular weight excluding hydrogens is 272 g/mol. The van der Waals surface area contributed by atoms with E-state index in [0.717, 1.165) is 17.5 Å². The Kier molecular flexibility index (Phi) is 3.96. The first-order chi connectivity index (χ1) is 10.7. The molecule has 0 bridgehead atoms. The lowest BCUT2D eigenvalue weighted by Crippen LogP contribution is -2.26. The monoisotopic (exact) mass is 292 g/mol. The van der Waals surface area contributed by atoms with Crippen molar-refractivity contribution >= 4 is 11.4 Å². The highest BCUT2D eigenvalue weighted by Gasteiger charge is 2.13. The van der Waals surface area contributed by atoms with Gasteiger partial charge in [-0.2, -0.15) is 0 Å². The van der Waals surface area contributed by atoms with Crippen LogP contribution >= 0.6 is 0 Å². The van der Waals surface area contributed by atoms with Gasteiger partial charge in [0.1, 0.15) is 0 Å². The van der Waals surface area contributed by atoms with Crippen molar-refractivity contribution in [3.05, 3.63) is 77.6 Å². The van der Waals surface area contributed by atoms with Gasteiger partial charge in [-0.1, -0.05) is 37.3 Å². The van der Waals surface area contributed by atoms with Crippen molar-refractivity contribution in [2.75, 3.05) is 0 Å². The van der Waals surface area contributed by atoms with E-state index in [4.69, 9.17) is 0 Å². The third kappa shape index (κ3) is 2.89. The Bertz CT molecular complexity index is 754. The summed E-state index contributed by atoms with van der Waals surface area (Å²) in [6.45, 7) is 4.15. The van der Waals surface area contributed by atoms with Gasteiger partial charge in [0.15, 0.2) is 0 Å². The first-order valence-corrected chi connectivity index (χ1v) is 7.64. The molecule has 0 radical (unpaired) electrons. The molecule has 0 aliphatic rings. The Labute approximate surface area is 130 Å². The number of rotatable bonds is 4. The number of aryl methyl sites for hydroxylation is 1. The van der Waals surface area contributed by atoms with Crippen LogP contribution in [0.4, 0.5) is 0 Å². The summed E-state index contributed by atoms with van der Waals surface area (Å²) in [5, 5.41) is 3.06. The zero-order chi connectivity index (χ0) is 15.5. The van der Waals surface area contributed by atoms with E-state index in [2.05, 4.69) is 36.5 Å². The van der Waals surface area contributed by atoms with Gasteiger partial charge in [-0.3, -0.25) is 4.79 Å². The van der Waals surface area contributed by atoms with Gasteiger partial charge in [-0.15, -0.1) is 0 Å². The summed E-state index contributed by atoms with van der Waals surface area (Å²) in [4.78, 5) is 12.4. The number of carbonyl (C=O) groups excluding carboxylic acids is 1. The molecule has 112 valence electrons. The van der Waals surface area contributed by atoms with Crippen LogP contribution in [-0.2, 0) is 6.42 Å². The molecule has 3 rings (SSSR count). The van der Waals surface area contributed by atoms with Gasteiger partial charge in [0.25, 0.3) is 5.91 Å². The summed E-state index contributed by atoms with van der Waals surface area (Å²) >= 11 is 0. The molecule has 1 unspecified atom stereocenters. The van der Waals surface area contributed by atoms with Crippen LogP contribution < -0.4 is 5.32 Å². The minimum absolute atomic E-state index is 0.0126. The fraction of sp³-hybridized carbons (Fsp3) is 0.211. The molecule has 2 aromatic heterocycles. The maximum absolute atomic E-state index is 12.4. The molecule has 0 saturated carbocycles. The maximum Gasteiger partial charge on any atom is 0.253 e. The normalized spacial score (nSPS) is 12.3. The molecule has 1 aromatic carbocycles. The zero-order valence-electron chi connectivity index (χ0n) is 12.9. The quantitative estimate of drug-likeness (QED) is 0.775. The van der Waals surface area contributed by atoms with Crippen molar-refractivity contribution in [2.45, 2.75) is 26.3 Å². The van der Waals surface area contributed by atoms with Gasteiger partial charge in [-0.25, -0.2) is 0 Å². The molecule has 3 aromatic rings. The average Bonchev–Trinajstić information content (AvgIpc) is 2.99. The molecular formula is C19H20N2O. The predicted octanol–water partition coefficient (Wildman–Crippen LogP) is 3.99. The summed E-state index contributed by atoms with van der Waals surface area (Å²) in [5.41, 5.74) is 4.13. The Morgan fingerprint density at radius 3 is 2.64 bits per heavy atom. The van der Waals surface area contributed by atoms with Crippen molar-refractivity contribution in [3.8, 4) is 0 Å². The van der Waals surface area contributed by atoms with Crippen LogP contribution in [0.1, 0.15) is 41.4 Å². The molecule has 0 spiro atoms. The predicted molar refractivity (Wildman–Crippen MR) is 89.1 cm³/mol. The lowest BCUT2D eigenvalue weighted by molar-refractivity contribution is 0.0940. The third-order valence-electron chi connectivity index (χ3n) is 4.00. The number of hydrogen-bond donors (Lipinski definition) is 1. The highest BCUT2D eigenvalue weighted by molar-refractivity contribution is 5.95. The van der Waals surface area contributed by atoms with E-state index in [0.29, 0.717) is 5.56 Å². The Balaban J connectivity index is 1.74. The number of nitrogens with one attached hydrogen (secondary N) is 1. The SMILES string of the molecule is CCc1ccc(C(C)NC(=O)c2cc3ccccn3c2)cc1. The topological polar surface area (TPSA) is 33.5 Å². The van der Waals surface area contributed by atoms with Crippen LogP contribution in [0, 0.1) is 0 Å². The lowest BCUT2D eigenvalue weighted by atomic mass is 10.0. The summed E-state index contributed by atoms with van der Waals surface area (Å²) in [7, 11) is 0. The fourth-order valence-corrected chi connectivity index (χ4v) is 2.58. The van der Waals surface area contributed by atoms with Crippen molar-refractivity contribution in [1.82, 2.24) is 9.72 Å². The number of nitrogens with zero attached hydrogens (tertiary/aromatic N) is 1. The first-order valence-electron chi connectivity index (χ1n) is 7.64. The van der Waals surface area contributed by atoms with Gasteiger partial charge >= 0.3 is 0 Å². The van der Waals surface area contributed by atoms with Gasteiger partial charge in [0, 0.05) is 17.9 Å². The zero-order valence-corrected chi connectivity index (χ0v) is 12.9. The second-order valence-electron chi connectivity index (χ2n) is 5.55. The Hall–Kier alpha value is -2.55. The minimum atomic E-state index is -0.0456. The molecule has 1 atom stereocenters. The van der Waals surface area contributed by atoms with Crippen molar-refractivity contribution < 1.29 is 4.79 Å². The molecule has 0 aliphatic carbocycles. The number of fused-ring (bicyclic) bond motifs is 1. The van der Waals surface area contributed by atoms with Crippen LogP contribution in [-0.4, -0.2) is 10.3 Å². The molecule has 1 N–H and O–H groups in total. The number of carbonyl (C=O) groups is 1. The van der Waals surface area contributed by atoms with Crippen LogP contribution in [0.25, 0.3) is 5.52 Å². The van der Waals surface area contributed by atoms with E-state index in [1.54, 1.807) is 0 Å². The van der Waals surface area contributed by atoms with Crippen LogP contribution in [0.2, 0.25) is 0 Å². The van der Waals surface area contributed by atoms with Gasteiger partial charge in [0.2, 0.25) is 0 Å². The molecule has 3 nitrogen and oxygen atoms in total. The Morgan fingerprint density at radius 1 is 1.18 bits per heavy atom. The second kappa shape index (κ2) is 6.06. The lowest BCUT2D eigenvalue weighted by Gasteiger charge is -2.14. The smallest absolute Gasteiger partial charge is 0.253 e. The van der Waals surface area contributed by atoms with E-state index in [9.17, 15) is 4.79 Å². The summed E-state index contributed by atoms with van der Waals surface area (Å²) < 4.78 is 1.95. The molecule has 2 heterocycles. The summed E-state index contributed by atoms with van der Waals surface area (Å²) in [5.74, 6) is -0.0456. The van der Waals surface area contributed by atoms with Crippen molar-refractivity contribution in [1.29, 1.82) is 0 Å². The number of aromatic nitrogens is 1. The van der Waals surface area contributed by atoms with Crippen LogP contribution in [0.3, 0.4) is 0 Å². The molecule has 1 amide bonds. The summed E-state index contributed by atoms with van der Waals surface area (Å²) in [6.07, 6.45) is 4.83. The first kappa shape index (κ1) is 14.4. The Morgan fingerprint density at radius 2 is 1.95 bits per heavy atom. The molecule has 22 heavy (non-hydrogen) atoms. The second-order valence-corrected chi connectivity index (χ2v) is 5.55. The number of hydrogen-bond acceptors (Lipinski definition) is 1. The fourth-order valence-electron chi connectivity index (χ4n) is 2.58. The largest absolute Gasteiger partial charge is 0.345 e. The van der Waals surface area contributed by atoms with Gasteiger partial charge in [-0.05, 0) is 42.7 Å². The molecule has 0 fully saturated rings. The standard InChI is InChI=1S/C19H20N2O/c1-3-15-7-9-16(10-8-15)14(2)20-19(22)17-12-18-6-4-5-11-21(18)13-17/h4-14H,3H2,1-2H3,(H,20,22). The van der Waals surface area contributed by atoms with E-state index in [1.165, 1.54) is 5.56 Å². The van der Waals surface area contributed by atoms with Crippen molar-refractivity contribution in [2.24, 2.45) is 0 Å². The molecule has 3 heteroatoms. The summed E-state index contributed by atoms with van der Waals surface area (Å²) in [6, 6.07) is 16.2. The molecule has 0 saturated heterocycles. The average molecular weight is 292 g/mol. The van der Waals surface area contributed by atoms with E-state index >= 15 is 0 Å². The minimum Gasteiger partial charge on any atom is -0.345 e. The maximum atomic E-state index is 12.4. The van der Waals surface area contributed by atoms with Crippen LogP contribution in [0.15, 0.2) is 60.9 Å². The molecule has 0 aliphatic heterocycles. The highest BCUT2D eigenvalue weighted by atomic mass is 16.1. The van der Waals surface area contributed by atoms with Gasteiger partial charge < -0.3 is 9.72 Å².